The lowest BCUT2D eigenvalue weighted by molar-refractivity contribution is -0.275. The van der Waals surface area contributed by atoms with Crippen LogP contribution >= 0.6 is 0 Å². The van der Waals surface area contributed by atoms with Gasteiger partial charge in [-0.1, -0.05) is 61.5 Å². The summed E-state index contributed by atoms with van der Waals surface area (Å²) in [6, 6.07) is 14.2. The van der Waals surface area contributed by atoms with E-state index in [0.29, 0.717) is 24.2 Å². The average molecular weight is 591 g/mol. The van der Waals surface area contributed by atoms with Crippen LogP contribution in [0, 0.1) is 35.0 Å². The number of nitrogens with one attached hydrogen (secondary N) is 1. The summed E-state index contributed by atoms with van der Waals surface area (Å²) >= 11 is 0. The molecule has 1 heterocycles. The third-order valence-electron chi connectivity index (χ3n) is 7.20. The number of hydrogen-bond donors (Lipinski definition) is 2. The van der Waals surface area contributed by atoms with Gasteiger partial charge in [0.2, 0.25) is 5.82 Å². The summed E-state index contributed by atoms with van der Waals surface area (Å²) in [5, 5.41) is 11.6. The van der Waals surface area contributed by atoms with Gasteiger partial charge in [-0.15, -0.1) is 6.58 Å². The van der Waals surface area contributed by atoms with Crippen molar-refractivity contribution in [1.29, 1.82) is 0 Å². The minimum Gasteiger partial charge on any atom is -0.392 e. The molecular formula is C31H31F5N2O4. The van der Waals surface area contributed by atoms with Crippen LogP contribution in [-0.2, 0) is 22.6 Å². The van der Waals surface area contributed by atoms with Crippen molar-refractivity contribution in [3.05, 3.63) is 118 Å². The van der Waals surface area contributed by atoms with E-state index in [1.807, 2.05) is 38.2 Å². The first kappa shape index (κ1) is 31.3. The summed E-state index contributed by atoms with van der Waals surface area (Å²) in [7, 11) is 1.96. The number of aliphatic hydroxyl groups excluding tert-OH is 1. The summed E-state index contributed by atoms with van der Waals surface area (Å²) in [6.45, 7) is 6.80. The molecule has 0 aromatic heterocycles. The Balaban J connectivity index is 1.50. The molecular weight excluding hydrogens is 559 g/mol. The summed E-state index contributed by atoms with van der Waals surface area (Å²) in [6.07, 6.45) is 0.522. The van der Waals surface area contributed by atoms with Crippen LogP contribution < -0.4 is 5.32 Å². The Hall–Kier alpha value is -3.64. The van der Waals surface area contributed by atoms with Crippen molar-refractivity contribution in [2.45, 2.75) is 38.6 Å². The zero-order valence-corrected chi connectivity index (χ0v) is 23.1. The molecule has 2 N–H and O–H groups in total. The minimum absolute atomic E-state index is 0.0232. The maximum absolute atomic E-state index is 14.0. The normalized spacial score (nSPS) is 20.5. The molecule has 4 atom stereocenters. The number of hydrogen-bond acceptors (Lipinski definition) is 5. The fourth-order valence-corrected chi connectivity index (χ4v) is 4.80. The van der Waals surface area contributed by atoms with Gasteiger partial charge in [-0.3, -0.25) is 4.79 Å². The highest BCUT2D eigenvalue weighted by Gasteiger charge is 2.38. The maximum Gasteiger partial charge on any atom is 0.257 e. The molecule has 1 fully saturated rings. The minimum atomic E-state index is -2.34. The van der Waals surface area contributed by atoms with Gasteiger partial charge >= 0.3 is 0 Å². The van der Waals surface area contributed by atoms with Crippen LogP contribution in [0.1, 0.15) is 51.9 Å². The van der Waals surface area contributed by atoms with Gasteiger partial charge in [0.05, 0.1) is 18.8 Å². The quantitative estimate of drug-likeness (QED) is 0.137. The molecule has 42 heavy (non-hydrogen) atoms. The highest BCUT2D eigenvalue weighted by Crippen LogP contribution is 2.41. The molecule has 224 valence electrons. The predicted molar refractivity (Wildman–Crippen MR) is 145 cm³/mol. The summed E-state index contributed by atoms with van der Waals surface area (Å²) in [5.74, 6) is -12.6. The van der Waals surface area contributed by atoms with Gasteiger partial charge in [0, 0.05) is 31.1 Å². The van der Waals surface area contributed by atoms with E-state index in [4.69, 9.17) is 9.47 Å². The van der Waals surface area contributed by atoms with Crippen LogP contribution in [0.5, 0.6) is 0 Å². The van der Waals surface area contributed by atoms with Crippen molar-refractivity contribution in [1.82, 2.24) is 10.2 Å². The maximum atomic E-state index is 14.0. The van der Waals surface area contributed by atoms with Gasteiger partial charge in [0.1, 0.15) is 5.56 Å². The van der Waals surface area contributed by atoms with Crippen LogP contribution in [0.3, 0.4) is 0 Å². The van der Waals surface area contributed by atoms with E-state index < -0.39 is 46.8 Å². The zero-order valence-electron chi connectivity index (χ0n) is 23.1. The second-order valence-corrected chi connectivity index (χ2v) is 10.2. The van der Waals surface area contributed by atoms with Crippen molar-refractivity contribution < 1.29 is 41.3 Å². The van der Waals surface area contributed by atoms with Crippen LogP contribution in [0.2, 0.25) is 0 Å². The van der Waals surface area contributed by atoms with E-state index >= 15 is 0 Å². The Labute approximate surface area is 240 Å². The van der Waals surface area contributed by atoms with E-state index in [0.717, 1.165) is 11.1 Å². The Kier molecular flexibility index (Phi) is 10.1. The van der Waals surface area contributed by atoms with Crippen LogP contribution in [0.4, 0.5) is 22.0 Å². The van der Waals surface area contributed by atoms with E-state index in [2.05, 4.69) is 16.8 Å². The average Bonchev–Trinajstić information content (AvgIpc) is 2.99. The standard InChI is InChI=1S/C31H31F5N2O4/c1-4-13-38(3)15-22-17(2)29(20-9-7-19(16-39)8-10-20)42-31(41-22)21-11-5-18(6-12-21)14-37-30(40)23-24(32)26(34)28(36)27(35)25(23)33/h4-12,17,22,29,31,39H,1,13-16H2,2-3H3,(H,37,40)/t17-,22+,29+,31+/m1/s1. The number of rotatable bonds is 10. The number of carbonyl (C=O) groups excluding carboxylic acids is 1. The smallest absolute Gasteiger partial charge is 0.257 e. The zero-order chi connectivity index (χ0) is 30.6. The topological polar surface area (TPSA) is 71.0 Å². The van der Waals surface area contributed by atoms with E-state index in [9.17, 15) is 31.9 Å². The number of ether oxygens (including phenoxy) is 2. The Morgan fingerprint density at radius 2 is 1.45 bits per heavy atom. The van der Waals surface area contributed by atoms with E-state index in [-0.39, 0.29) is 31.3 Å². The molecule has 1 saturated heterocycles. The molecule has 11 heteroatoms. The number of likely N-dealkylation sites (N-methyl/N-ethyl adjacent to an activating group) is 1. The van der Waals surface area contributed by atoms with Crippen molar-refractivity contribution in [2.24, 2.45) is 5.92 Å². The number of nitrogens with zero attached hydrogens (tertiary/aromatic N) is 1. The molecule has 6 nitrogen and oxygen atoms in total. The first-order valence-electron chi connectivity index (χ1n) is 13.2. The molecule has 0 radical (unpaired) electrons. The summed E-state index contributed by atoms with van der Waals surface area (Å²) < 4.78 is 81.0. The molecule has 1 aliphatic heterocycles. The first-order chi connectivity index (χ1) is 20.0. The summed E-state index contributed by atoms with van der Waals surface area (Å²) in [5.41, 5.74) is 1.33. The van der Waals surface area contributed by atoms with E-state index in [1.54, 1.807) is 30.3 Å². The Bertz CT molecular complexity index is 1390. The van der Waals surface area contributed by atoms with E-state index in [1.165, 1.54) is 0 Å². The van der Waals surface area contributed by atoms with Gasteiger partial charge < -0.3 is 24.8 Å². The molecule has 4 rings (SSSR count). The number of amides is 1. The number of carbonyl (C=O) groups is 1. The number of benzene rings is 3. The SMILES string of the molecule is C=CCN(C)C[C@@H]1O[C@H](c2ccc(CNC(=O)c3c(F)c(F)c(F)c(F)c3F)cc2)O[C@H](c2ccc(CO)cc2)[C@@H]1C. The van der Waals surface area contributed by atoms with Gasteiger partial charge in [-0.2, -0.15) is 0 Å². The summed E-state index contributed by atoms with van der Waals surface area (Å²) in [4.78, 5) is 14.4. The Morgan fingerprint density at radius 1 is 0.905 bits per heavy atom. The third-order valence-corrected chi connectivity index (χ3v) is 7.20. The first-order valence-corrected chi connectivity index (χ1v) is 13.2. The second kappa shape index (κ2) is 13.6. The molecule has 3 aromatic carbocycles. The largest absolute Gasteiger partial charge is 0.392 e. The van der Waals surface area contributed by atoms with Gasteiger partial charge in [0.25, 0.3) is 5.91 Å². The van der Waals surface area contributed by atoms with Crippen LogP contribution in [-0.4, -0.2) is 42.2 Å². The van der Waals surface area contributed by atoms with Gasteiger partial charge in [0.15, 0.2) is 29.6 Å². The molecule has 0 aliphatic carbocycles. The van der Waals surface area contributed by atoms with Crippen LogP contribution in [0.15, 0.2) is 61.2 Å². The van der Waals surface area contributed by atoms with Crippen molar-refractivity contribution in [3.63, 3.8) is 0 Å². The van der Waals surface area contributed by atoms with Crippen molar-refractivity contribution in [3.8, 4) is 0 Å². The monoisotopic (exact) mass is 590 g/mol. The van der Waals surface area contributed by atoms with Crippen LogP contribution in [0.25, 0.3) is 0 Å². The third kappa shape index (κ3) is 6.70. The molecule has 0 spiro atoms. The molecule has 1 aliphatic rings. The second-order valence-electron chi connectivity index (χ2n) is 10.2. The molecule has 0 unspecified atom stereocenters. The van der Waals surface area contributed by atoms with Gasteiger partial charge in [-0.25, -0.2) is 22.0 Å². The lowest BCUT2D eigenvalue weighted by atomic mass is 9.90. The van der Waals surface area contributed by atoms with Crippen molar-refractivity contribution in [2.75, 3.05) is 20.1 Å². The lowest BCUT2D eigenvalue weighted by Crippen LogP contribution is -2.43. The number of aliphatic hydroxyl groups is 1. The highest BCUT2D eigenvalue weighted by molar-refractivity contribution is 5.94. The predicted octanol–water partition coefficient (Wildman–Crippen LogP) is 5.71. The Morgan fingerprint density at radius 3 is 2.02 bits per heavy atom. The molecule has 0 bridgehead atoms. The van der Waals surface area contributed by atoms with Crippen molar-refractivity contribution >= 4 is 5.91 Å². The molecule has 3 aromatic rings. The fourth-order valence-electron chi connectivity index (χ4n) is 4.80. The molecule has 0 saturated carbocycles. The lowest BCUT2D eigenvalue weighted by Gasteiger charge is -2.42. The number of halogens is 5. The van der Waals surface area contributed by atoms with Gasteiger partial charge in [-0.05, 0) is 23.7 Å². The highest BCUT2D eigenvalue weighted by atomic mass is 19.2. The fraction of sp³-hybridized carbons (Fsp3) is 0.323. The molecule has 1 amide bonds.